The van der Waals surface area contributed by atoms with Crippen LogP contribution in [-0.4, -0.2) is 25.4 Å². The fourth-order valence-electron chi connectivity index (χ4n) is 1.68. The Morgan fingerprint density at radius 2 is 2.00 bits per heavy atom. The molecule has 1 N–H and O–H groups in total. The van der Waals surface area contributed by atoms with Gasteiger partial charge in [0.15, 0.2) is 6.10 Å². The van der Waals surface area contributed by atoms with E-state index in [1.54, 1.807) is 6.07 Å². The molecule has 0 spiro atoms. The Morgan fingerprint density at radius 1 is 1.30 bits per heavy atom. The van der Waals surface area contributed by atoms with Crippen LogP contribution in [0, 0.1) is 5.82 Å². The van der Waals surface area contributed by atoms with E-state index in [1.807, 2.05) is 6.92 Å². The molecule has 0 heterocycles. The molecule has 0 aromatic heterocycles. The summed E-state index contributed by atoms with van der Waals surface area (Å²) in [4.78, 5) is 0. The molecule has 2 nitrogen and oxygen atoms in total. The fourth-order valence-corrected chi connectivity index (χ4v) is 1.68. The van der Waals surface area contributed by atoms with E-state index in [2.05, 4.69) is 5.32 Å². The molecule has 0 aliphatic rings. The zero-order valence-corrected chi connectivity index (χ0v) is 11.5. The summed E-state index contributed by atoms with van der Waals surface area (Å²) in [7, 11) is 0. The lowest BCUT2D eigenvalue weighted by Gasteiger charge is -2.25. The van der Waals surface area contributed by atoms with Crippen LogP contribution in [-0.2, 0) is 4.74 Å². The van der Waals surface area contributed by atoms with Crippen molar-refractivity contribution in [3.8, 4) is 0 Å². The predicted octanol–water partition coefficient (Wildman–Crippen LogP) is 3.83. The van der Waals surface area contributed by atoms with Gasteiger partial charge in [-0.25, -0.2) is 4.39 Å². The first-order valence-corrected chi connectivity index (χ1v) is 6.53. The van der Waals surface area contributed by atoms with Gasteiger partial charge in [-0.2, -0.15) is 13.2 Å². The van der Waals surface area contributed by atoms with E-state index in [1.165, 1.54) is 18.2 Å². The minimum atomic E-state index is -4.43. The Kier molecular flexibility index (Phi) is 6.42. The molecule has 1 aromatic rings. The molecule has 20 heavy (non-hydrogen) atoms. The number of ether oxygens (including phenoxy) is 1. The number of nitrogens with one attached hydrogen (secondary N) is 1. The lowest BCUT2D eigenvalue weighted by molar-refractivity contribution is -0.227. The quantitative estimate of drug-likeness (QED) is 0.609. The maximum Gasteiger partial charge on any atom is 0.414 e. The second-order valence-corrected chi connectivity index (χ2v) is 4.57. The average Bonchev–Trinajstić information content (AvgIpc) is 2.36. The van der Waals surface area contributed by atoms with Crippen molar-refractivity contribution in [1.29, 1.82) is 0 Å². The molecule has 0 bridgehead atoms. The van der Waals surface area contributed by atoms with Crippen molar-refractivity contribution in [3.63, 3.8) is 0 Å². The second-order valence-electron chi connectivity index (χ2n) is 4.57. The third-order valence-electron chi connectivity index (χ3n) is 2.81. The van der Waals surface area contributed by atoms with Crippen molar-refractivity contribution < 1.29 is 22.3 Å². The Balaban J connectivity index is 2.79. The topological polar surface area (TPSA) is 21.3 Å². The normalized spacial score (nSPS) is 15.1. The van der Waals surface area contributed by atoms with Crippen LogP contribution in [0.3, 0.4) is 0 Å². The summed E-state index contributed by atoms with van der Waals surface area (Å²) in [6.07, 6.45) is -6.32. The summed E-state index contributed by atoms with van der Waals surface area (Å²) in [6, 6.07) is 5.46. The lowest BCUT2D eigenvalue weighted by atomic mass is 10.1. The number of benzene rings is 1. The molecule has 0 aliphatic heterocycles. The Hall–Kier alpha value is -1.14. The van der Waals surface area contributed by atoms with E-state index in [0.29, 0.717) is 12.1 Å². The molecule has 0 aliphatic carbocycles. The highest BCUT2D eigenvalue weighted by Crippen LogP contribution is 2.28. The summed E-state index contributed by atoms with van der Waals surface area (Å²) >= 11 is 0. The first kappa shape index (κ1) is 16.9. The van der Waals surface area contributed by atoms with Gasteiger partial charge in [-0.1, -0.05) is 19.1 Å². The monoisotopic (exact) mass is 293 g/mol. The summed E-state index contributed by atoms with van der Waals surface area (Å²) < 4.78 is 56.0. The standard InChI is InChI=1S/C14H19F4NO/c1-3-7-19-9-13(20-10(2)14(16,17)18)11-5-4-6-12(15)8-11/h4-6,8,10,13,19H,3,7,9H2,1-2H3. The highest BCUT2D eigenvalue weighted by atomic mass is 19.4. The number of alkyl halides is 3. The molecular weight excluding hydrogens is 274 g/mol. The third-order valence-corrected chi connectivity index (χ3v) is 2.81. The van der Waals surface area contributed by atoms with Gasteiger partial charge >= 0.3 is 6.18 Å². The van der Waals surface area contributed by atoms with Gasteiger partial charge in [-0.15, -0.1) is 0 Å². The SMILES string of the molecule is CCCNCC(OC(C)C(F)(F)F)c1cccc(F)c1. The van der Waals surface area contributed by atoms with Gasteiger partial charge in [0.25, 0.3) is 0 Å². The summed E-state index contributed by atoms with van der Waals surface area (Å²) in [6.45, 7) is 3.77. The van der Waals surface area contributed by atoms with Gasteiger partial charge < -0.3 is 10.1 Å². The van der Waals surface area contributed by atoms with Crippen molar-refractivity contribution in [2.24, 2.45) is 0 Å². The van der Waals surface area contributed by atoms with E-state index >= 15 is 0 Å². The zero-order chi connectivity index (χ0) is 15.2. The van der Waals surface area contributed by atoms with E-state index < -0.39 is 24.2 Å². The predicted molar refractivity (Wildman–Crippen MR) is 68.9 cm³/mol. The average molecular weight is 293 g/mol. The highest BCUT2D eigenvalue weighted by molar-refractivity contribution is 5.19. The van der Waals surface area contributed by atoms with E-state index in [4.69, 9.17) is 4.74 Å². The maximum absolute atomic E-state index is 13.2. The van der Waals surface area contributed by atoms with Gasteiger partial charge in [0.2, 0.25) is 0 Å². The van der Waals surface area contributed by atoms with Crippen molar-refractivity contribution in [2.75, 3.05) is 13.1 Å². The summed E-state index contributed by atoms with van der Waals surface area (Å²) in [5.41, 5.74) is 0.393. The number of rotatable bonds is 7. The van der Waals surface area contributed by atoms with Crippen molar-refractivity contribution in [2.45, 2.75) is 38.7 Å². The van der Waals surface area contributed by atoms with Gasteiger partial charge in [0.1, 0.15) is 5.82 Å². The minimum Gasteiger partial charge on any atom is -0.360 e. The largest absolute Gasteiger partial charge is 0.414 e. The van der Waals surface area contributed by atoms with Crippen LogP contribution in [0.25, 0.3) is 0 Å². The molecule has 2 unspecified atom stereocenters. The molecule has 0 saturated heterocycles. The van der Waals surface area contributed by atoms with Crippen LogP contribution in [0.15, 0.2) is 24.3 Å². The molecule has 6 heteroatoms. The van der Waals surface area contributed by atoms with Crippen molar-refractivity contribution in [1.82, 2.24) is 5.32 Å². The molecule has 1 rings (SSSR count). The van der Waals surface area contributed by atoms with Crippen LogP contribution in [0.4, 0.5) is 17.6 Å². The zero-order valence-electron chi connectivity index (χ0n) is 11.5. The maximum atomic E-state index is 13.2. The van der Waals surface area contributed by atoms with E-state index in [-0.39, 0.29) is 6.54 Å². The van der Waals surface area contributed by atoms with E-state index in [0.717, 1.165) is 13.3 Å². The Bertz CT molecular complexity index is 408. The number of halogens is 4. The molecule has 0 amide bonds. The van der Waals surface area contributed by atoms with E-state index in [9.17, 15) is 17.6 Å². The summed E-state index contributed by atoms with van der Waals surface area (Å²) in [5, 5.41) is 3.00. The smallest absolute Gasteiger partial charge is 0.360 e. The van der Waals surface area contributed by atoms with Crippen LogP contribution in [0.1, 0.15) is 31.9 Å². The number of hydrogen-bond donors (Lipinski definition) is 1. The molecule has 114 valence electrons. The van der Waals surface area contributed by atoms with Gasteiger partial charge in [0, 0.05) is 6.54 Å². The fraction of sp³-hybridized carbons (Fsp3) is 0.571. The molecule has 0 fully saturated rings. The molecular formula is C14H19F4NO. The number of hydrogen-bond acceptors (Lipinski definition) is 2. The third kappa shape index (κ3) is 5.46. The lowest BCUT2D eigenvalue weighted by Crippen LogP contribution is -2.33. The molecule has 2 atom stereocenters. The molecule has 1 aromatic carbocycles. The van der Waals surface area contributed by atoms with Crippen LogP contribution >= 0.6 is 0 Å². The van der Waals surface area contributed by atoms with Crippen LogP contribution in [0.2, 0.25) is 0 Å². The van der Waals surface area contributed by atoms with Gasteiger partial charge in [0.05, 0.1) is 6.10 Å². The van der Waals surface area contributed by atoms with Crippen LogP contribution in [0.5, 0.6) is 0 Å². The van der Waals surface area contributed by atoms with Gasteiger partial charge in [-0.3, -0.25) is 0 Å². The Morgan fingerprint density at radius 3 is 2.55 bits per heavy atom. The highest BCUT2D eigenvalue weighted by Gasteiger charge is 2.38. The van der Waals surface area contributed by atoms with Crippen LogP contribution < -0.4 is 5.32 Å². The minimum absolute atomic E-state index is 0.206. The first-order chi connectivity index (χ1) is 9.34. The second kappa shape index (κ2) is 7.59. The first-order valence-electron chi connectivity index (χ1n) is 6.53. The molecule has 0 radical (unpaired) electrons. The summed E-state index contributed by atoms with van der Waals surface area (Å²) in [5.74, 6) is -0.494. The van der Waals surface area contributed by atoms with Gasteiger partial charge in [-0.05, 0) is 37.6 Å². The van der Waals surface area contributed by atoms with Crippen molar-refractivity contribution >= 4 is 0 Å². The van der Waals surface area contributed by atoms with Crippen molar-refractivity contribution in [3.05, 3.63) is 35.6 Å². The molecule has 0 saturated carbocycles. The Labute approximate surface area is 116 Å².